The van der Waals surface area contributed by atoms with Gasteiger partial charge in [-0.3, -0.25) is 14.6 Å². The third kappa shape index (κ3) is 5.11. The van der Waals surface area contributed by atoms with Gasteiger partial charge < -0.3 is 10.4 Å². The van der Waals surface area contributed by atoms with E-state index < -0.39 is 12.1 Å². The van der Waals surface area contributed by atoms with Crippen molar-refractivity contribution in [3.05, 3.63) is 64.8 Å². The van der Waals surface area contributed by atoms with E-state index in [4.69, 9.17) is 9.90 Å². The molecule has 11 heteroatoms. The molecule has 0 atom stereocenters. The van der Waals surface area contributed by atoms with Crippen LogP contribution in [-0.2, 0) is 4.79 Å². The summed E-state index contributed by atoms with van der Waals surface area (Å²) in [5, 5.41) is 16.9. The zero-order chi connectivity index (χ0) is 20.0. The van der Waals surface area contributed by atoms with Crippen LogP contribution in [0.3, 0.4) is 0 Å². The van der Waals surface area contributed by atoms with Gasteiger partial charge in [-0.1, -0.05) is 18.2 Å². The molecule has 1 amide bonds. The summed E-state index contributed by atoms with van der Waals surface area (Å²) in [5.74, 6) is -3.14. The minimum atomic E-state index is -5.08. The second kappa shape index (κ2) is 8.08. The molecule has 0 radical (unpaired) electrons. The number of amides is 1. The Morgan fingerprint density at radius 3 is 2.15 bits per heavy atom. The summed E-state index contributed by atoms with van der Waals surface area (Å²) in [5.41, 5.74) is 0.472. The molecule has 0 aliphatic carbocycles. The lowest BCUT2D eigenvalue weighted by Gasteiger charge is -2.06. The zero-order valence-electron chi connectivity index (χ0n) is 13.3. The predicted molar refractivity (Wildman–Crippen MR) is 88.2 cm³/mol. The first-order valence-electron chi connectivity index (χ1n) is 7.19. The van der Waals surface area contributed by atoms with E-state index in [1.165, 1.54) is 0 Å². The van der Waals surface area contributed by atoms with Crippen molar-refractivity contribution < 1.29 is 27.9 Å². The fourth-order valence-corrected chi connectivity index (χ4v) is 1.91. The predicted octanol–water partition coefficient (Wildman–Crippen LogP) is 2.20. The number of rotatable bonds is 2. The number of fused-ring (bicyclic) bond motifs is 1. The zero-order valence-corrected chi connectivity index (χ0v) is 13.3. The van der Waals surface area contributed by atoms with Gasteiger partial charge in [0.05, 0.1) is 5.39 Å². The topological polar surface area (TPSA) is 125 Å². The Balaban J connectivity index is 0.000000321. The molecule has 2 aromatic heterocycles. The summed E-state index contributed by atoms with van der Waals surface area (Å²) < 4.78 is 31.7. The number of aromatic amines is 1. The summed E-state index contributed by atoms with van der Waals surface area (Å²) >= 11 is 0. The first kappa shape index (κ1) is 19.6. The van der Waals surface area contributed by atoms with Crippen LogP contribution < -0.4 is 10.9 Å². The first-order valence-corrected chi connectivity index (χ1v) is 7.19. The van der Waals surface area contributed by atoms with E-state index in [9.17, 15) is 22.8 Å². The molecule has 8 nitrogen and oxygen atoms in total. The molecule has 3 rings (SSSR count). The highest BCUT2D eigenvalue weighted by atomic mass is 19.4. The average molecular weight is 380 g/mol. The number of aromatic nitrogens is 3. The number of carboxylic acid groups (broad SMARTS) is 1. The first-order chi connectivity index (χ1) is 12.7. The van der Waals surface area contributed by atoms with Gasteiger partial charge in [0.15, 0.2) is 5.69 Å². The number of H-pyrrole nitrogens is 1. The molecule has 0 fully saturated rings. The molecule has 1 aromatic carbocycles. The Bertz CT molecular complexity index is 1020. The van der Waals surface area contributed by atoms with E-state index in [2.05, 4.69) is 20.5 Å². The van der Waals surface area contributed by atoms with Crippen LogP contribution in [0, 0.1) is 0 Å². The summed E-state index contributed by atoms with van der Waals surface area (Å²) in [6, 6.07) is 10.2. The number of alkyl halides is 3. The number of hydrogen-bond donors (Lipinski definition) is 3. The van der Waals surface area contributed by atoms with E-state index in [0.29, 0.717) is 16.5 Å². The number of carbonyl (C=O) groups excluding carboxylic acids is 1. The molecular formula is C16H11F3N4O4. The van der Waals surface area contributed by atoms with E-state index in [1.807, 2.05) is 0 Å². The Labute approximate surface area is 148 Å². The maximum Gasteiger partial charge on any atom is 0.490 e. The van der Waals surface area contributed by atoms with Gasteiger partial charge in [0.25, 0.3) is 11.5 Å². The molecule has 140 valence electrons. The second-order valence-corrected chi connectivity index (χ2v) is 4.94. The number of carboxylic acids is 1. The molecule has 3 aromatic rings. The van der Waals surface area contributed by atoms with Crippen molar-refractivity contribution in [2.75, 3.05) is 5.32 Å². The van der Waals surface area contributed by atoms with Crippen molar-refractivity contribution in [3.8, 4) is 0 Å². The lowest BCUT2D eigenvalue weighted by Crippen LogP contribution is -2.21. The maximum absolute atomic E-state index is 12.2. The minimum absolute atomic E-state index is 0.178. The fraction of sp³-hybridized carbons (Fsp3) is 0.0625. The van der Waals surface area contributed by atoms with Crippen molar-refractivity contribution >= 4 is 28.3 Å². The monoisotopic (exact) mass is 380 g/mol. The average Bonchev–Trinajstić information content (AvgIpc) is 2.63. The second-order valence-electron chi connectivity index (χ2n) is 4.94. The molecule has 0 unspecified atom stereocenters. The van der Waals surface area contributed by atoms with Crippen molar-refractivity contribution in [3.63, 3.8) is 0 Å². The number of halogens is 3. The van der Waals surface area contributed by atoms with Crippen LogP contribution in [0.4, 0.5) is 18.9 Å². The molecular weight excluding hydrogens is 369 g/mol. The number of hydrogen-bond acceptors (Lipinski definition) is 5. The number of carbonyl (C=O) groups is 2. The third-order valence-electron chi connectivity index (χ3n) is 3.09. The number of pyridine rings is 1. The molecule has 3 N–H and O–H groups in total. The van der Waals surface area contributed by atoms with E-state index in [1.54, 1.807) is 48.8 Å². The highest BCUT2D eigenvalue weighted by molar-refractivity contribution is 6.10. The molecule has 2 heterocycles. The van der Waals surface area contributed by atoms with E-state index in [-0.39, 0.29) is 17.2 Å². The van der Waals surface area contributed by atoms with Crippen LogP contribution >= 0.6 is 0 Å². The number of nitrogens with zero attached hydrogens (tertiary/aromatic N) is 2. The molecule has 0 bridgehead atoms. The maximum atomic E-state index is 12.2. The minimum Gasteiger partial charge on any atom is -0.475 e. The van der Waals surface area contributed by atoms with Crippen molar-refractivity contribution in [1.82, 2.24) is 15.2 Å². The van der Waals surface area contributed by atoms with Gasteiger partial charge in [-0.05, 0) is 18.2 Å². The number of aliphatic carboxylic acids is 1. The lowest BCUT2D eigenvalue weighted by molar-refractivity contribution is -0.192. The van der Waals surface area contributed by atoms with Crippen molar-refractivity contribution in [1.29, 1.82) is 0 Å². The molecule has 0 aliphatic heterocycles. The highest BCUT2D eigenvalue weighted by Gasteiger charge is 2.38. The Morgan fingerprint density at radius 1 is 1.04 bits per heavy atom. The van der Waals surface area contributed by atoms with Crippen LogP contribution in [0.1, 0.15) is 10.5 Å². The van der Waals surface area contributed by atoms with Crippen LogP contribution in [0.5, 0.6) is 0 Å². The highest BCUT2D eigenvalue weighted by Crippen LogP contribution is 2.14. The smallest absolute Gasteiger partial charge is 0.475 e. The normalized spacial score (nSPS) is 10.6. The number of nitrogens with one attached hydrogen (secondary N) is 2. The van der Waals surface area contributed by atoms with Crippen LogP contribution in [0.15, 0.2) is 53.6 Å². The molecule has 0 aliphatic rings. The SMILES string of the molecule is O=C(Nc1ccncc1)c1n[nH]c(=O)c2ccccc12.O=C(O)C(F)(F)F. The van der Waals surface area contributed by atoms with Crippen molar-refractivity contribution in [2.24, 2.45) is 0 Å². The van der Waals surface area contributed by atoms with Gasteiger partial charge >= 0.3 is 12.1 Å². The van der Waals surface area contributed by atoms with Crippen LogP contribution in [0.25, 0.3) is 10.8 Å². The van der Waals surface area contributed by atoms with Gasteiger partial charge in [0, 0.05) is 23.5 Å². The standard InChI is InChI=1S/C14H10N4O2.C2HF3O2/c19-13-11-4-2-1-3-10(11)12(17-18-13)14(20)16-9-5-7-15-8-6-9;3-2(4,5)1(6)7/h1-8H,(H,18,19)(H,15,16,20);(H,6,7). The molecule has 0 saturated carbocycles. The van der Waals surface area contributed by atoms with Crippen LogP contribution in [0.2, 0.25) is 0 Å². The Morgan fingerprint density at radius 2 is 1.59 bits per heavy atom. The Hall–Kier alpha value is -3.76. The van der Waals surface area contributed by atoms with Gasteiger partial charge in [-0.25, -0.2) is 9.89 Å². The number of benzene rings is 1. The van der Waals surface area contributed by atoms with Crippen LogP contribution in [-0.4, -0.2) is 38.3 Å². The summed E-state index contributed by atoms with van der Waals surface area (Å²) in [4.78, 5) is 36.6. The molecule has 0 spiro atoms. The summed E-state index contributed by atoms with van der Waals surface area (Å²) in [6.07, 6.45) is -1.93. The van der Waals surface area contributed by atoms with Crippen molar-refractivity contribution in [2.45, 2.75) is 6.18 Å². The van der Waals surface area contributed by atoms with E-state index >= 15 is 0 Å². The number of anilines is 1. The van der Waals surface area contributed by atoms with Gasteiger partial charge in [-0.15, -0.1) is 0 Å². The van der Waals surface area contributed by atoms with Gasteiger partial charge in [0.1, 0.15) is 0 Å². The Kier molecular flexibility index (Phi) is 5.85. The van der Waals surface area contributed by atoms with Gasteiger partial charge in [0.2, 0.25) is 0 Å². The van der Waals surface area contributed by atoms with E-state index in [0.717, 1.165) is 0 Å². The lowest BCUT2D eigenvalue weighted by atomic mass is 10.1. The largest absolute Gasteiger partial charge is 0.490 e. The molecule has 27 heavy (non-hydrogen) atoms. The summed E-state index contributed by atoms with van der Waals surface area (Å²) in [6.45, 7) is 0. The summed E-state index contributed by atoms with van der Waals surface area (Å²) in [7, 11) is 0. The van der Waals surface area contributed by atoms with Gasteiger partial charge in [-0.2, -0.15) is 18.3 Å². The quantitative estimate of drug-likeness (QED) is 0.626. The third-order valence-corrected chi connectivity index (χ3v) is 3.09. The molecule has 0 saturated heterocycles. The fourth-order valence-electron chi connectivity index (χ4n) is 1.91.